The summed E-state index contributed by atoms with van der Waals surface area (Å²) in [5.74, 6) is 0. The van der Waals surface area contributed by atoms with Gasteiger partial charge in [-0.05, 0) is 18.6 Å². The van der Waals surface area contributed by atoms with E-state index in [-0.39, 0.29) is 0 Å². The number of halogens is 2. The molecular formula is C12H11Cl2NOS. The number of rotatable bonds is 3. The lowest BCUT2D eigenvalue weighted by Crippen LogP contribution is -2.02. The van der Waals surface area contributed by atoms with Crippen molar-refractivity contribution in [2.24, 2.45) is 0 Å². The van der Waals surface area contributed by atoms with Crippen molar-refractivity contribution < 1.29 is 5.11 Å². The fraction of sp³-hybridized carbons (Fsp3) is 0.250. The van der Waals surface area contributed by atoms with Gasteiger partial charge in [0.15, 0.2) is 0 Å². The Labute approximate surface area is 114 Å². The molecular weight excluding hydrogens is 277 g/mol. The summed E-state index contributed by atoms with van der Waals surface area (Å²) in [5, 5.41) is 11.1. The second kappa shape index (κ2) is 5.36. The van der Waals surface area contributed by atoms with E-state index in [1.807, 2.05) is 19.1 Å². The fourth-order valence-electron chi connectivity index (χ4n) is 1.64. The van der Waals surface area contributed by atoms with Crippen LogP contribution in [0.3, 0.4) is 0 Å². The molecule has 1 unspecified atom stereocenters. The first kappa shape index (κ1) is 12.8. The van der Waals surface area contributed by atoms with E-state index in [0.717, 1.165) is 16.1 Å². The van der Waals surface area contributed by atoms with E-state index < -0.39 is 6.10 Å². The van der Waals surface area contributed by atoms with Crippen LogP contribution in [0.4, 0.5) is 0 Å². The summed E-state index contributed by atoms with van der Waals surface area (Å²) in [4.78, 5) is 4.99. The van der Waals surface area contributed by atoms with Gasteiger partial charge in [-0.25, -0.2) is 4.98 Å². The Morgan fingerprint density at radius 3 is 2.82 bits per heavy atom. The van der Waals surface area contributed by atoms with Crippen molar-refractivity contribution in [1.82, 2.24) is 4.98 Å². The third-order valence-corrected chi connectivity index (χ3v) is 4.42. The summed E-state index contributed by atoms with van der Waals surface area (Å²) in [6.45, 7) is 1.88. The van der Waals surface area contributed by atoms with Crippen molar-refractivity contribution in [1.29, 1.82) is 0 Å². The van der Waals surface area contributed by atoms with Crippen LogP contribution in [0.2, 0.25) is 10.0 Å². The third-order valence-electron chi connectivity index (χ3n) is 2.53. The van der Waals surface area contributed by atoms with Crippen molar-refractivity contribution >= 4 is 34.5 Å². The maximum absolute atomic E-state index is 10.1. The van der Waals surface area contributed by atoms with Crippen LogP contribution in [-0.2, 0) is 6.42 Å². The number of benzene rings is 1. The minimum absolute atomic E-state index is 0.447. The van der Waals surface area contributed by atoms with E-state index in [1.54, 1.807) is 11.6 Å². The molecule has 0 aliphatic rings. The second-order valence-electron chi connectivity index (χ2n) is 3.73. The highest BCUT2D eigenvalue weighted by Crippen LogP contribution is 2.31. The number of thiazole rings is 1. The van der Waals surface area contributed by atoms with Gasteiger partial charge in [0.2, 0.25) is 0 Å². The van der Waals surface area contributed by atoms with E-state index in [0.29, 0.717) is 16.5 Å². The molecule has 0 saturated carbocycles. The number of hydrogen-bond acceptors (Lipinski definition) is 3. The maximum atomic E-state index is 10.1. The maximum Gasteiger partial charge on any atom is 0.0941 e. The van der Waals surface area contributed by atoms with Crippen molar-refractivity contribution in [3.05, 3.63) is 49.9 Å². The predicted molar refractivity (Wildman–Crippen MR) is 72.0 cm³/mol. The van der Waals surface area contributed by atoms with Crippen LogP contribution in [0, 0.1) is 6.92 Å². The highest BCUT2D eigenvalue weighted by Gasteiger charge is 2.15. The van der Waals surface area contributed by atoms with Gasteiger partial charge in [0.1, 0.15) is 0 Å². The molecule has 1 N–H and O–H groups in total. The SMILES string of the molecule is Cc1ncsc1C(O)Cc1cccc(Cl)c1Cl. The standard InChI is InChI=1S/C12H11Cl2NOS/c1-7-12(17-6-15-7)10(16)5-8-3-2-4-9(13)11(8)14/h2-4,6,10,16H,5H2,1H3. The van der Waals surface area contributed by atoms with E-state index in [9.17, 15) is 5.11 Å². The number of aromatic nitrogens is 1. The smallest absolute Gasteiger partial charge is 0.0941 e. The summed E-state index contributed by atoms with van der Waals surface area (Å²) in [6, 6.07) is 5.43. The van der Waals surface area contributed by atoms with Gasteiger partial charge in [-0.3, -0.25) is 0 Å². The highest BCUT2D eigenvalue weighted by molar-refractivity contribution is 7.09. The fourth-order valence-corrected chi connectivity index (χ4v) is 2.82. The molecule has 5 heteroatoms. The molecule has 1 atom stereocenters. The Bertz CT molecular complexity index is 527. The van der Waals surface area contributed by atoms with Crippen LogP contribution in [0.5, 0.6) is 0 Å². The van der Waals surface area contributed by atoms with Crippen LogP contribution in [0.15, 0.2) is 23.7 Å². The van der Waals surface area contributed by atoms with Crippen molar-refractivity contribution in [2.45, 2.75) is 19.4 Å². The van der Waals surface area contributed by atoms with Crippen LogP contribution >= 0.6 is 34.5 Å². The number of nitrogens with zero attached hydrogens (tertiary/aromatic N) is 1. The van der Waals surface area contributed by atoms with Crippen LogP contribution in [0.1, 0.15) is 22.2 Å². The van der Waals surface area contributed by atoms with Gasteiger partial charge in [0.05, 0.1) is 32.2 Å². The molecule has 0 amide bonds. The zero-order valence-corrected chi connectivity index (χ0v) is 11.5. The molecule has 17 heavy (non-hydrogen) atoms. The minimum Gasteiger partial charge on any atom is -0.387 e. The average Bonchev–Trinajstić information content (AvgIpc) is 2.71. The van der Waals surface area contributed by atoms with Crippen LogP contribution < -0.4 is 0 Å². The summed E-state index contributed by atoms with van der Waals surface area (Å²) in [7, 11) is 0. The molecule has 1 aromatic heterocycles. The van der Waals surface area contributed by atoms with Gasteiger partial charge in [0.25, 0.3) is 0 Å². The molecule has 2 aromatic rings. The Morgan fingerprint density at radius 1 is 1.41 bits per heavy atom. The normalized spacial score (nSPS) is 12.7. The molecule has 2 rings (SSSR count). The van der Waals surface area contributed by atoms with Crippen molar-refractivity contribution in [3.63, 3.8) is 0 Å². The Balaban J connectivity index is 2.22. The molecule has 1 aromatic carbocycles. The van der Waals surface area contributed by atoms with Crippen molar-refractivity contribution in [3.8, 4) is 0 Å². The first-order valence-corrected chi connectivity index (χ1v) is 6.74. The lowest BCUT2D eigenvalue weighted by Gasteiger charge is -2.11. The summed E-state index contributed by atoms with van der Waals surface area (Å²) >= 11 is 13.5. The van der Waals surface area contributed by atoms with Gasteiger partial charge >= 0.3 is 0 Å². The quantitative estimate of drug-likeness (QED) is 0.924. The summed E-state index contributed by atoms with van der Waals surface area (Å²) in [5.41, 5.74) is 3.44. The number of aliphatic hydroxyl groups is 1. The predicted octanol–water partition coefficient (Wildman–Crippen LogP) is 4.03. The monoisotopic (exact) mass is 287 g/mol. The van der Waals surface area contributed by atoms with E-state index in [1.165, 1.54) is 11.3 Å². The van der Waals surface area contributed by atoms with Gasteiger partial charge in [-0.15, -0.1) is 11.3 Å². The first-order valence-electron chi connectivity index (χ1n) is 5.10. The number of aryl methyl sites for hydroxylation is 1. The lowest BCUT2D eigenvalue weighted by atomic mass is 10.1. The zero-order valence-electron chi connectivity index (χ0n) is 9.15. The molecule has 1 heterocycles. The topological polar surface area (TPSA) is 33.1 Å². The molecule has 90 valence electrons. The zero-order chi connectivity index (χ0) is 12.4. The molecule has 0 spiro atoms. The van der Waals surface area contributed by atoms with E-state index >= 15 is 0 Å². The van der Waals surface area contributed by atoms with Gasteiger partial charge in [-0.1, -0.05) is 35.3 Å². The largest absolute Gasteiger partial charge is 0.387 e. The lowest BCUT2D eigenvalue weighted by molar-refractivity contribution is 0.181. The Kier molecular flexibility index (Phi) is 4.05. The van der Waals surface area contributed by atoms with Gasteiger partial charge < -0.3 is 5.11 Å². The highest BCUT2D eigenvalue weighted by atomic mass is 35.5. The molecule has 2 nitrogen and oxygen atoms in total. The van der Waals surface area contributed by atoms with Gasteiger partial charge in [-0.2, -0.15) is 0 Å². The second-order valence-corrected chi connectivity index (χ2v) is 5.41. The molecule has 0 saturated heterocycles. The van der Waals surface area contributed by atoms with Crippen LogP contribution in [0.25, 0.3) is 0 Å². The third kappa shape index (κ3) is 2.80. The average molecular weight is 288 g/mol. The molecule has 0 aliphatic heterocycles. The molecule has 0 aliphatic carbocycles. The van der Waals surface area contributed by atoms with Gasteiger partial charge in [0, 0.05) is 6.42 Å². The number of aliphatic hydroxyl groups excluding tert-OH is 1. The van der Waals surface area contributed by atoms with E-state index in [4.69, 9.17) is 23.2 Å². The Hall–Kier alpha value is -0.610. The summed E-state index contributed by atoms with van der Waals surface area (Å²) in [6.07, 6.45) is -0.138. The Morgan fingerprint density at radius 2 is 2.18 bits per heavy atom. The van der Waals surface area contributed by atoms with Crippen molar-refractivity contribution in [2.75, 3.05) is 0 Å². The number of hydrogen-bond donors (Lipinski definition) is 1. The van der Waals surface area contributed by atoms with Crippen LogP contribution in [-0.4, -0.2) is 10.1 Å². The molecule has 0 bridgehead atoms. The van der Waals surface area contributed by atoms with E-state index in [2.05, 4.69) is 4.98 Å². The minimum atomic E-state index is -0.585. The molecule has 0 radical (unpaired) electrons. The molecule has 0 fully saturated rings. The first-order chi connectivity index (χ1) is 8.09. The summed E-state index contributed by atoms with van der Waals surface area (Å²) < 4.78 is 0.